The van der Waals surface area contributed by atoms with Gasteiger partial charge in [-0.3, -0.25) is 0 Å². The minimum Gasteiger partial charge on any atom is -0.497 e. The van der Waals surface area contributed by atoms with Crippen molar-refractivity contribution in [3.05, 3.63) is 48.2 Å². The average molecular weight is 802 g/mol. The molecule has 306 valence electrons. The lowest BCUT2D eigenvalue weighted by atomic mass is 9.79. The SMILES string of the molecule is COc1ccc2ccc(-c3cnn4c3N[C@H]([C@@H]3C[C@H]5CC[C@@H](C3)N5C(=O)OC(C)(C)C)C(C3CC3)=C4N(COCC[Si](C)(C)C)COCC[Si](C)(C)C)cc2c1. The number of nitrogens with one attached hydrogen (secondary N) is 1. The molecule has 10 nitrogen and oxygen atoms in total. The van der Waals surface area contributed by atoms with Crippen LogP contribution in [-0.4, -0.2) is 99.3 Å². The van der Waals surface area contributed by atoms with Crippen LogP contribution in [0.4, 0.5) is 10.6 Å². The van der Waals surface area contributed by atoms with Crippen molar-refractivity contribution in [2.75, 3.05) is 39.1 Å². The van der Waals surface area contributed by atoms with Crippen molar-refractivity contribution < 1.29 is 23.7 Å². The number of amides is 1. The zero-order valence-electron chi connectivity index (χ0n) is 35.7. The number of methoxy groups -OCH3 is 1. The molecule has 4 atom stereocenters. The molecule has 3 aliphatic heterocycles. The molecule has 12 heteroatoms. The van der Waals surface area contributed by atoms with Gasteiger partial charge in [0.25, 0.3) is 0 Å². The molecule has 2 saturated heterocycles. The quantitative estimate of drug-likeness (QED) is 0.0923. The molecule has 1 N–H and O–H groups in total. The maximum Gasteiger partial charge on any atom is 0.410 e. The van der Waals surface area contributed by atoms with Crippen LogP contribution in [0.5, 0.6) is 5.75 Å². The number of hydrogen-bond donors (Lipinski definition) is 1. The molecule has 7 rings (SSSR count). The third-order valence-corrected chi connectivity index (χ3v) is 15.3. The van der Waals surface area contributed by atoms with Crippen LogP contribution in [0.15, 0.2) is 48.2 Å². The van der Waals surface area contributed by atoms with Crippen LogP contribution in [0, 0.1) is 11.8 Å². The molecule has 4 aliphatic rings. The molecule has 3 fully saturated rings. The Bertz CT molecular complexity index is 1870. The van der Waals surface area contributed by atoms with Crippen molar-refractivity contribution in [3.63, 3.8) is 0 Å². The van der Waals surface area contributed by atoms with Gasteiger partial charge in [0.15, 0.2) is 0 Å². The smallest absolute Gasteiger partial charge is 0.410 e. The normalized spacial score (nSPS) is 22.6. The van der Waals surface area contributed by atoms with E-state index in [2.05, 4.69) is 89.4 Å². The third kappa shape index (κ3) is 9.51. The minimum absolute atomic E-state index is 0.0938. The van der Waals surface area contributed by atoms with Crippen LogP contribution in [0.2, 0.25) is 51.4 Å². The van der Waals surface area contributed by atoms with E-state index in [-0.39, 0.29) is 24.2 Å². The van der Waals surface area contributed by atoms with Gasteiger partial charge in [-0.25, -0.2) is 9.48 Å². The second-order valence-corrected chi connectivity index (χ2v) is 31.4. The van der Waals surface area contributed by atoms with Crippen LogP contribution in [0.3, 0.4) is 0 Å². The summed E-state index contributed by atoms with van der Waals surface area (Å²) in [6.45, 7) is 22.7. The lowest BCUT2D eigenvalue weighted by Gasteiger charge is -2.45. The molecular weight excluding hydrogens is 735 g/mol. The molecule has 2 bridgehead atoms. The van der Waals surface area contributed by atoms with E-state index < -0.39 is 21.7 Å². The van der Waals surface area contributed by atoms with E-state index in [4.69, 9.17) is 24.0 Å². The molecule has 2 aromatic carbocycles. The maximum atomic E-state index is 13.5. The molecule has 1 aliphatic carbocycles. The molecule has 4 heterocycles. The van der Waals surface area contributed by atoms with Gasteiger partial charge in [-0.1, -0.05) is 57.5 Å². The van der Waals surface area contributed by atoms with Crippen molar-refractivity contribution in [2.24, 2.45) is 11.8 Å². The summed E-state index contributed by atoms with van der Waals surface area (Å²) in [4.78, 5) is 18.0. The lowest BCUT2D eigenvalue weighted by molar-refractivity contribution is -0.0108. The molecular formula is C44H67N5O5Si2. The first-order valence-electron chi connectivity index (χ1n) is 21.1. The highest BCUT2D eigenvalue weighted by Crippen LogP contribution is 2.51. The highest BCUT2D eigenvalue weighted by atomic mass is 28.3. The van der Waals surface area contributed by atoms with Crippen molar-refractivity contribution >= 4 is 44.7 Å². The second-order valence-electron chi connectivity index (χ2n) is 20.2. The number of hydrogen-bond acceptors (Lipinski definition) is 8. The average Bonchev–Trinajstić information content (AvgIpc) is 3.81. The Kier molecular flexibility index (Phi) is 11.8. The van der Waals surface area contributed by atoms with Gasteiger partial charge < -0.3 is 34.1 Å². The van der Waals surface area contributed by atoms with Gasteiger partial charge in [0, 0.05) is 47.0 Å². The molecule has 3 aromatic rings. The Morgan fingerprint density at radius 2 is 1.50 bits per heavy atom. The molecule has 0 radical (unpaired) electrons. The summed E-state index contributed by atoms with van der Waals surface area (Å²) in [5.74, 6) is 3.77. The van der Waals surface area contributed by atoms with Gasteiger partial charge in [-0.15, -0.1) is 0 Å². The molecule has 1 saturated carbocycles. The van der Waals surface area contributed by atoms with Crippen LogP contribution >= 0.6 is 0 Å². The number of benzene rings is 2. The summed E-state index contributed by atoms with van der Waals surface area (Å²) in [5.41, 5.74) is 3.08. The number of aromatic nitrogens is 2. The fourth-order valence-electron chi connectivity index (χ4n) is 8.75. The van der Waals surface area contributed by atoms with Crippen LogP contribution in [-0.2, 0) is 14.2 Å². The number of rotatable bonds is 15. The number of ether oxygens (including phenoxy) is 4. The van der Waals surface area contributed by atoms with Crippen molar-refractivity contribution in [2.45, 2.75) is 134 Å². The molecule has 0 spiro atoms. The Hall–Kier alpha value is -3.33. The number of carbonyl (C=O) groups is 1. The maximum absolute atomic E-state index is 13.5. The largest absolute Gasteiger partial charge is 0.497 e. The van der Waals surface area contributed by atoms with E-state index >= 15 is 0 Å². The van der Waals surface area contributed by atoms with E-state index in [1.807, 2.05) is 33.0 Å². The molecule has 1 aromatic heterocycles. The number of carbonyl (C=O) groups excluding carboxylic acids is 1. The summed E-state index contributed by atoms with van der Waals surface area (Å²) in [7, 11) is -0.849. The zero-order valence-corrected chi connectivity index (χ0v) is 37.7. The monoisotopic (exact) mass is 801 g/mol. The fourth-order valence-corrected chi connectivity index (χ4v) is 10.3. The predicted octanol–water partition coefficient (Wildman–Crippen LogP) is 10.2. The predicted molar refractivity (Wildman–Crippen MR) is 232 cm³/mol. The van der Waals surface area contributed by atoms with Crippen LogP contribution < -0.4 is 10.1 Å². The Morgan fingerprint density at radius 1 is 0.875 bits per heavy atom. The standard InChI is InChI=1S/C44H67N5O5Si2/c1-44(2,3)54-43(50)48-35-16-17-36(48)25-34(24-35)40-39(31-12-13-31)42(47(28-52-19-21-55(5,6)7)29-53-20-22-56(8,9)10)49-41(46-40)38(27-45-49)32-14-11-30-15-18-37(51-4)26-33(30)23-32/h11,14-15,18,23,26-27,31,34-36,40,46H,12-13,16-17,19-22,24-25,28-29H2,1-10H3/t34-,35-,36+,40-/m1/s1. The van der Waals surface area contributed by atoms with Crippen molar-refractivity contribution in [1.29, 1.82) is 0 Å². The second kappa shape index (κ2) is 16.1. The minimum atomic E-state index is -1.28. The van der Waals surface area contributed by atoms with Gasteiger partial charge in [0.05, 0.1) is 19.3 Å². The summed E-state index contributed by atoms with van der Waals surface area (Å²) in [5, 5.41) is 11.6. The Morgan fingerprint density at radius 3 is 2.07 bits per heavy atom. The van der Waals surface area contributed by atoms with E-state index in [0.29, 0.717) is 25.3 Å². The van der Waals surface area contributed by atoms with Crippen LogP contribution in [0.1, 0.15) is 59.3 Å². The van der Waals surface area contributed by atoms with Crippen molar-refractivity contribution in [3.8, 4) is 16.9 Å². The number of anilines is 1. The Labute approximate surface area is 337 Å². The van der Waals surface area contributed by atoms with Crippen molar-refractivity contribution in [1.82, 2.24) is 19.6 Å². The van der Waals surface area contributed by atoms with E-state index in [1.54, 1.807) is 7.11 Å². The van der Waals surface area contributed by atoms with Gasteiger partial charge in [0.2, 0.25) is 0 Å². The van der Waals surface area contributed by atoms with Gasteiger partial charge in [-0.05, 0) is 123 Å². The van der Waals surface area contributed by atoms with Crippen LogP contribution in [0.25, 0.3) is 27.7 Å². The number of piperidine rings is 1. The highest BCUT2D eigenvalue weighted by Gasteiger charge is 2.50. The Balaban J connectivity index is 1.29. The number of fused-ring (bicyclic) bond motifs is 4. The molecule has 0 unspecified atom stereocenters. The highest BCUT2D eigenvalue weighted by molar-refractivity contribution is 6.76. The molecule has 1 amide bonds. The topological polar surface area (TPSA) is 90.3 Å². The van der Waals surface area contributed by atoms with Gasteiger partial charge in [0.1, 0.15) is 36.5 Å². The first-order valence-corrected chi connectivity index (χ1v) is 28.5. The summed E-state index contributed by atoms with van der Waals surface area (Å²) in [6.07, 6.45) is 8.12. The van der Waals surface area contributed by atoms with Gasteiger partial charge in [-0.2, -0.15) is 5.10 Å². The van der Waals surface area contributed by atoms with E-state index in [1.165, 1.54) is 11.0 Å². The third-order valence-electron chi connectivity index (χ3n) is 11.9. The van der Waals surface area contributed by atoms with E-state index in [0.717, 1.165) is 97.7 Å². The zero-order chi connectivity index (χ0) is 40.0. The fraction of sp³-hybridized carbons (Fsp3) is 0.636. The summed E-state index contributed by atoms with van der Waals surface area (Å²) < 4.78 is 26.9. The number of nitrogens with zero attached hydrogens (tertiary/aromatic N) is 4. The molecule has 56 heavy (non-hydrogen) atoms. The first kappa shape index (κ1) is 40.9. The van der Waals surface area contributed by atoms with Gasteiger partial charge >= 0.3 is 6.09 Å². The van der Waals surface area contributed by atoms with E-state index in [9.17, 15) is 4.79 Å². The summed E-state index contributed by atoms with van der Waals surface area (Å²) >= 11 is 0. The lowest BCUT2D eigenvalue weighted by Crippen LogP contribution is -2.52. The summed E-state index contributed by atoms with van der Waals surface area (Å²) in [6, 6.07) is 15.5. The first-order chi connectivity index (χ1) is 26.5.